The van der Waals surface area contributed by atoms with E-state index in [1.54, 1.807) is 7.11 Å². The quantitative estimate of drug-likeness (QED) is 0.419. The summed E-state index contributed by atoms with van der Waals surface area (Å²) in [4.78, 5) is 0. The summed E-state index contributed by atoms with van der Waals surface area (Å²) in [5.41, 5.74) is 0. The van der Waals surface area contributed by atoms with Crippen LogP contribution in [0.3, 0.4) is 0 Å². The zero-order valence-electron chi connectivity index (χ0n) is 9.06. The van der Waals surface area contributed by atoms with Crippen LogP contribution in [0, 0.1) is 39.2 Å². The van der Waals surface area contributed by atoms with Crippen LogP contribution < -0.4 is 0 Å². The number of methoxy groups -OCH3 is 1. The van der Waals surface area contributed by atoms with Gasteiger partial charge in [-0.15, -0.1) is 0 Å². The Balaban J connectivity index is -0.0000000242. The van der Waals surface area contributed by atoms with Gasteiger partial charge in [-0.1, -0.05) is 0 Å². The molecule has 1 aliphatic carbocycles. The molecule has 0 aliphatic heterocycles. The predicted octanol–water partition coefficient (Wildman–Crippen LogP) is 0.853. The van der Waals surface area contributed by atoms with Gasteiger partial charge in [0.15, 0.2) is 0 Å². The molecule has 1 rings (SSSR count). The molecule has 1 fully saturated rings. The average Bonchev–Trinajstić information content (AvgIpc) is 3.26. The smallest absolute Gasteiger partial charge is 0 e. The molecule has 0 aromatic rings. The Bertz CT molecular complexity index is 154. The van der Waals surface area contributed by atoms with E-state index < -0.39 is 0 Å². The van der Waals surface area contributed by atoms with Gasteiger partial charge in [-0.25, -0.2) is 0 Å². The Morgan fingerprint density at radius 1 is 0.824 bits per heavy atom. The number of rotatable bonds is 2. The number of hydrogen-bond donors (Lipinski definition) is 0. The molecule has 0 spiro atoms. The molecule has 0 aromatic carbocycles. The van der Waals surface area contributed by atoms with Crippen molar-refractivity contribution in [1.29, 1.82) is 0 Å². The second-order valence-corrected chi connectivity index (χ2v) is 1.90. The standard InChI is InChI=1S/C5H10O.5CO.Mo/c1-6-4-5-2-3-5;5*1-2;/h5H,2-4H2,1H3;;;;;;. The first-order valence-electron chi connectivity index (χ1n) is 3.44. The first-order valence-corrected chi connectivity index (χ1v) is 3.44. The van der Waals surface area contributed by atoms with Crippen molar-refractivity contribution in [1.82, 2.24) is 0 Å². The molecule has 7 heteroatoms. The number of ether oxygens (including phenoxy) is 1. The Kier molecular flexibility index (Phi) is 166. The molecule has 0 amide bonds. The van der Waals surface area contributed by atoms with Gasteiger partial charge in [-0.2, -0.15) is 0 Å². The maximum atomic E-state index is 7.50. The van der Waals surface area contributed by atoms with Gasteiger partial charge in [-0.05, 0) is 18.8 Å². The molecule has 6 nitrogen and oxygen atoms in total. The summed E-state index contributed by atoms with van der Waals surface area (Å²) in [5.74, 6) is 0.926. The molecule has 0 unspecified atom stereocenters. The first kappa shape index (κ1) is 36.0. The molecule has 0 N–H and O–H groups in total. The molecule has 92 valence electrons. The third kappa shape index (κ3) is 95.6. The van der Waals surface area contributed by atoms with Crippen molar-refractivity contribution < 1.29 is 49.1 Å². The van der Waals surface area contributed by atoms with E-state index in [1.165, 1.54) is 12.8 Å². The van der Waals surface area contributed by atoms with Crippen LogP contribution >= 0.6 is 0 Å². The van der Waals surface area contributed by atoms with Gasteiger partial charge in [0.2, 0.25) is 0 Å². The van der Waals surface area contributed by atoms with E-state index >= 15 is 0 Å². The van der Waals surface area contributed by atoms with E-state index in [1.807, 2.05) is 0 Å². The molecular formula is C10H10MoO6. The summed E-state index contributed by atoms with van der Waals surface area (Å²) >= 11 is 0. The van der Waals surface area contributed by atoms with Crippen LogP contribution in [0.25, 0.3) is 0 Å². The van der Waals surface area contributed by atoms with Crippen LogP contribution in [-0.2, 0) is 49.1 Å². The van der Waals surface area contributed by atoms with Crippen LogP contribution in [0.2, 0.25) is 0 Å². The van der Waals surface area contributed by atoms with E-state index in [-0.39, 0.29) is 21.1 Å². The minimum atomic E-state index is 0. The first-order chi connectivity index (χ1) is 7.93. The second-order valence-electron chi connectivity index (χ2n) is 1.90. The molecule has 0 atom stereocenters. The summed E-state index contributed by atoms with van der Waals surface area (Å²) < 4.78 is 42.4. The molecule has 0 bridgehead atoms. The summed E-state index contributed by atoms with van der Waals surface area (Å²) in [5, 5.41) is 0. The fraction of sp³-hybridized carbons (Fsp3) is 0.500. The van der Waals surface area contributed by atoms with Crippen molar-refractivity contribution in [3.05, 3.63) is 33.3 Å². The summed E-state index contributed by atoms with van der Waals surface area (Å²) in [6, 6.07) is 0. The zero-order valence-corrected chi connectivity index (χ0v) is 11.1. The Hall–Kier alpha value is -0.652. The molecule has 1 aliphatic rings. The van der Waals surface area contributed by atoms with Gasteiger partial charge >= 0.3 is 56.5 Å². The zero-order chi connectivity index (χ0) is 14.4. The van der Waals surface area contributed by atoms with E-state index in [4.69, 9.17) is 28.0 Å². The summed E-state index contributed by atoms with van der Waals surface area (Å²) in [6.07, 6.45) is 2.79. The largest absolute Gasteiger partial charge is 0 e. The van der Waals surface area contributed by atoms with E-state index in [9.17, 15) is 0 Å². The molecule has 0 heterocycles. The predicted molar refractivity (Wildman–Crippen MR) is 44.2 cm³/mol. The van der Waals surface area contributed by atoms with Gasteiger partial charge in [0.05, 0.1) is 0 Å². The molecular weight excluding hydrogens is 312 g/mol. The van der Waals surface area contributed by atoms with Crippen molar-refractivity contribution in [2.24, 2.45) is 5.92 Å². The SMILES string of the molecule is COCC1CC1.[C-]#[O+].[C-]#[O+].[C-]#[O+].[C-]#[O+].[C-]#[O+].[Mo]. The topological polar surface area (TPSA) is 109 Å². The van der Waals surface area contributed by atoms with Crippen molar-refractivity contribution in [2.75, 3.05) is 13.7 Å². The third-order valence-corrected chi connectivity index (χ3v) is 1.10. The van der Waals surface area contributed by atoms with Crippen LogP contribution in [0.5, 0.6) is 0 Å². The van der Waals surface area contributed by atoms with Gasteiger partial charge in [0.1, 0.15) is 0 Å². The Morgan fingerprint density at radius 2 is 1.06 bits per heavy atom. The van der Waals surface area contributed by atoms with Crippen molar-refractivity contribution in [2.45, 2.75) is 12.8 Å². The van der Waals surface area contributed by atoms with Crippen LogP contribution in [0.15, 0.2) is 0 Å². The van der Waals surface area contributed by atoms with Crippen molar-refractivity contribution in [3.8, 4) is 0 Å². The van der Waals surface area contributed by atoms with Gasteiger partial charge in [0, 0.05) is 34.8 Å². The molecule has 0 aromatic heterocycles. The normalized spacial score (nSPS) is 8.18. The van der Waals surface area contributed by atoms with Gasteiger partial charge in [-0.3, -0.25) is 0 Å². The molecule has 0 saturated heterocycles. The van der Waals surface area contributed by atoms with Crippen LogP contribution in [-0.4, -0.2) is 13.7 Å². The fourth-order valence-electron chi connectivity index (χ4n) is 0.520. The van der Waals surface area contributed by atoms with E-state index in [0.717, 1.165) is 12.5 Å². The summed E-state index contributed by atoms with van der Waals surface area (Å²) in [6.45, 7) is 23.5. The molecule has 0 radical (unpaired) electrons. The molecule has 17 heavy (non-hydrogen) atoms. The van der Waals surface area contributed by atoms with Gasteiger partial charge in [0.25, 0.3) is 0 Å². The Morgan fingerprint density at radius 3 is 1.12 bits per heavy atom. The minimum Gasteiger partial charge on any atom is 0 e. The molecule has 1 saturated carbocycles. The maximum Gasteiger partial charge on any atom is 0 e. The van der Waals surface area contributed by atoms with Gasteiger partial charge < -0.3 is 4.74 Å². The number of hydrogen-bond acceptors (Lipinski definition) is 1. The van der Waals surface area contributed by atoms with E-state index in [0.29, 0.717) is 0 Å². The van der Waals surface area contributed by atoms with Crippen LogP contribution in [0.1, 0.15) is 12.8 Å². The Labute approximate surface area is 115 Å². The van der Waals surface area contributed by atoms with E-state index in [2.05, 4.69) is 33.3 Å². The average molecular weight is 322 g/mol. The fourth-order valence-corrected chi connectivity index (χ4v) is 0.520. The second kappa shape index (κ2) is 78.4. The van der Waals surface area contributed by atoms with Crippen molar-refractivity contribution >= 4 is 0 Å². The monoisotopic (exact) mass is 324 g/mol. The summed E-state index contributed by atoms with van der Waals surface area (Å²) in [7, 11) is 1.76. The third-order valence-electron chi connectivity index (χ3n) is 1.10. The van der Waals surface area contributed by atoms with Crippen molar-refractivity contribution in [3.63, 3.8) is 0 Å². The minimum absolute atomic E-state index is 0. The maximum absolute atomic E-state index is 7.50. The van der Waals surface area contributed by atoms with Crippen LogP contribution in [0.4, 0.5) is 0 Å².